The van der Waals surface area contributed by atoms with Crippen LogP contribution in [-0.2, 0) is 6.42 Å². The first-order valence-corrected chi connectivity index (χ1v) is 7.92. The van der Waals surface area contributed by atoms with Gasteiger partial charge in [-0.2, -0.15) is 11.3 Å². The topological polar surface area (TPSA) is 15.3 Å². The second-order valence-electron chi connectivity index (χ2n) is 6.43. The van der Waals surface area contributed by atoms with E-state index < -0.39 is 0 Å². The van der Waals surface area contributed by atoms with E-state index in [4.69, 9.17) is 0 Å². The second kappa shape index (κ2) is 5.72. The van der Waals surface area contributed by atoms with E-state index in [2.05, 4.69) is 54.7 Å². The summed E-state index contributed by atoms with van der Waals surface area (Å²) in [7, 11) is 0. The molecule has 1 aliphatic heterocycles. The molecule has 1 atom stereocenters. The zero-order chi connectivity index (χ0) is 13.2. The molecule has 1 fully saturated rings. The van der Waals surface area contributed by atoms with E-state index >= 15 is 0 Å². The van der Waals surface area contributed by atoms with Crippen molar-refractivity contribution in [2.24, 2.45) is 5.92 Å². The van der Waals surface area contributed by atoms with E-state index in [0.29, 0.717) is 6.04 Å². The number of hydrogen-bond acceptors (Lipinski definition) is 3. The fourth-order valence-electron chi connectivity index (χ4n) is 2.80. The van der Waals surface area contributed by atoms with Crippen molar-refractivity contribution < 1.29 is 0 Å². The molecule has 102 valence electrons. The van der Waals surface area contributed by atoms with Crippen LogP contribution in [0.15, 0.2) is 16.8 Å². The Morgan fingerprint density at radius 3 is 2.89 bits per heavy atom. The summed E-state index contributed by atoms with van der Waals surface area (Å²) in [4.78, 5) is 2.68. The summed E-state index contributed by atoms with van der Waals surface area (Å²) in [6.07, 6.45) is 1.18. The highest BCUT2D eigenvalue weighted by Crippen LogP contribution is 2.21. The fourth-order valence-corrected chi connectivity index (χ4v) is 3.50. The molecule has 1 aromatic rings. The third kappa shape index (κ3) is 3.56. The van der Waals surface area contributed by atoms with Gasteiger partial charge in [0.05, 0.1) is 0 Å². The summed E-state index contributed by atoms with van der Waals surface area (Å²) >= 11 is 1.80. The molecule has 1 N–H and O–H groups in total. The minimum atomic E-state index is 0.250. The van der Waals surface area contributed by atoms with Crippen molar-refractivity contribution in [3.63, 3.8) is 0 Å². The Balaban J connectivity index is 1.96. The number of nitrogens with one attached hydrogen (secondary N) is 1. The summed E-state index contributed by atoms with van der Waals surface area (Å²) in [5.41, 5.74) is 1.74. The lowest BCUT2D eigenvalue weighted by atomic mass is 9.93. The maximum absolute atomic E-state index is 3.67. The number of rotatable bonds is 4. The lowest BCUT2D eigenvalue weighted by Crippen LogP contribution is -2.63. The summed E-state index contributed by atoms with van der Waals surface area (Å²) in [5, 5.41) is 8.13. The Morgan fingerprint density at radius 2 is 2.28 bits per heavy atom. The molecule has 0 aromatic carbocycles. The van der Waals surface area contributed by atoms with Crippen molar-refractivity contribution in [3.8, 4) is 0 Å². The maximum atomic E-state index is 3.67. The molecular formula is C15H26N2S. The summed E-state index contributed by atoms with van der Waals surface area (Å²) < 4.78 is 0. The smallest absolute Gasteiger partial charge is 0.0252 e. The molecule has 1 aromatic heterocycles. The van der Waals surface area contributed by atoms with Crippen molar-refractivity contribution in [2.75, 3.05) is 19.6 Å². The second-order valence-corrected chi connectivity index (χ2v) is 7.21. The van der Waals surface area contributed by atoms with Crippen LogP contribution in [-0.4, -0.2) is 36.1 Å². The molecule has 0 spiro atoms. The molecule has 0 amide bonds. The highest BCUT2D eigenvalue weighted by Gasteiger charge is 2.33. The molecule has 0 radical (unpaired) electrons. The average molecular weight is 266 g/mol. The van der Waals surface area contributed by atoms with E-state index in [1.165, 1.54) is 18.5 Å². The fraction of sp³-hybridized carbons (Fsp3) is 0.733. The number of nitrogens with zero attached hydrogens (tertiary/aromatic N) is 1. The van der Waals surface area contributed by atoms with Crippen LogP contribution in [0.3, 0.4) is 0 Å². The van der Waals surface area contributed by atoms with Crippen molar-refractivity contribution in [2.45, 2.75) is 45.7 Å². The normalized spacial score (nSPS) is 24.6. The van der Waals surface area contributed by atoms with Crippen LogP contribution in [0.4, 0.5) is 0 Å². The molecule has 1 saturated heterocycles. The summed E-state index contributed by atoms with van der Waals surface area (Å²) in [6.45, 7) is 12.7. The van der Waals surface area contributed by atoms with Gasteiger partial charge in [0.2, 0.25) is 0 Å². The monoisotopic (exact) mass is 266 g/mol. The van der Waals surface area contributed by atoms with Crippen LogP contribution >= 0.6 is 11.3 Å². The van der Waals surface area contributed by atoms with Gasteiger partial charge >= 0.3 is 0 Å². The van der Waals surface area contributed by atoms with Gasteiger partial charge in [0, 0.05) is 31.2 Å². The van der Waals surface area contributed by atoms with Gasteiger partial charge < -0.3 is 5.32 Å². The van der Waals surface area contributed by atoms with E-state index in [9.17, 15) is 0 Å². The SMILES string of the molecule is CC(C)C1CNC(C)(C)CN1CCc1ccsc1. The first-order valence-electron chi connectivity index (χ1n) is 6.98. The number of piperazine rings is 1. The molecule has 3 heteroatoms. The van der Waals surface area contributed by atoms with Crippen LogP contribution in [0.1, 0.15) is 33.3 Å². The average Bonchev–Trinajstić information content (AvgIpc) is 2.77. The van der Waals surface area contributed by atoms with E-state index in [-0.39, 0.29) is 5.54 Å². The number of thiophene rings is 1. The van der Waals surface area contributed by atoms with Gasteiger partial charge in [0.15, 0.2) is 0 Å². The largest absolute Gasteiger partial charge is 0.309 e. The standard InChI is InChI=1S/C15H26N2S/c1-12(2)14-9-16-15(3,4)11-17(14)7-5-13-6-8-18-10-13/h6,8,10,12,14,16H,5,7,9,11H2,1-4H3. The number of hydrogen-bond donors (Lipinski definition) is 1. The Bertz CT molecular complexity index is 357. The van der Waals surface area contributed by atoms with Crippen molar-refractivity contribution in [1.82, 2.24) is 10.2 Å². The third-order valence-corrected chi connectivity index (χ3v) is 4.63. The highest BCUT2D eigenvalue weighted by atomic mass is 32.1. The molecule has 2 heterocycles. The summed E-state index contributed by atoms with van der Waals surface area (Å²) in [5.74, 6) is 0.719. The molecule has 1 unspecified atom stereocenters. The van der Waals surface area contributed by atoms with E-state index in [1.807, 2.05) is 0 Å². The van der Waals surface area contributed by atoms with Crippen LogP contribution < -0.4 is 5.32 Å². The molecule has 0 aliphatic carbocycles. The van der Waals surface area contributed by atoms with Crippen LogP contribution in [0.25, 0.3) is 0 Å². The van der Waals surface area contributed by atoms with Gasteiger partial charge in [0.25, 0.3) is 0 Å². The molecule has 0 saturated carbocycles. The van der Waals surface area contributed by atoms with Gasteiger partial charge in [-0.3, -0.25) is 4.90 Å². The predicted molar refractivity (Wildman–Crippen MR) is 80.3 cm³/mol. The molecule has 2 nitrogen and oxygen atoms in total. The van der Waals surface area contributed by atoms with Crippen LogP contribution in [0.5, 0.6) is 0 Å². The first-order chi connectivity index (χ1) is 8.48. The third-order valence-electron chi connectivity index (χ3n) is 3.89. The van der Waals surface area contributed by atoms with E-state index in [0.717, 1.165) is 19.0 Å². The van der Waals surface area contributed by atoms with Gasteiger partial charge in [-0.25, -0.2) is 0 Å². The molecule has 2 rings (SSSR count). The zero-order valence-corrected chi connectivity index (χ0v) is 12.9. The first kappa shape index (κ1) is 14.0. The van der Waals surface area contributed by atoms with Crippen LogP contribution in [0.2, 0.25) is 0 Å². The van der Waals surface area contributed by atoms with Crippen molar-refractivity contribution >= 4 is 11.3 Å². The van der Waals surface area contributed by atoms with Crippen LogP contribution in [0, 0.1) is 5.92 Å². The quantitative estimate of drug-likeness (QED) is 0.901. The Hall–Kier alpha value is -0.380. The van der Waals surface area contributed by atoms with Gasteiger partial charge in [0.1, 0.15) is 0 Å². The predicted octanol–water partition coefficient (Wildman–Crippen LogP) is 3.00. The Labute approximate surface area is 115 Å². The Morgan fingerprint density at radius 1 is 1.50 bits per heavy atom. The molecule has 18 heavy (non-hydrogen) atoms. The molecule has 1 aliphatic rings. The minimum absolute atomic E-state index is 0.250. The lowest BCUT2D eigenvalue weighted by molar-refractivity contribution is 0.0705. The zero-order valence-electron chi connectivity index (χ0n) is 12.1. The minimum Gasteiger partial charge on any atom is -0.309 e. The molecule has 0 bridgehead atoms. The Kier molecular flexibility index (Phi) is 4.46. The van der Waals surface area contributed by atoms with Gasteiger partial charge in [-0.05, 0) is 48.6 Å². The van der Waals surface area contributed by atoms with Crippen molar-refractivity contribution in [1.29, 1.82) is 0 Å². The van der Waals surface area contributed by atoms with Gasteiger partial charge in [-0.1, -0.05) is 13.8 Å². The highest BCUT2D eigenvalue weighted by molar-refractivity contribution is 7.07. The van der Waals surface area contributed by atoms with Gasteiger partial charge in [-0.15, -0.1) is 0 Å². The molecular weight excluding hydrogens is 240 g/mol. The van der Waals surface area contributed by atoms with E-state index in [1.54, 1.807) is 11.3 Å². The lowest BCUT2D eigenvalue weighted by Gasteiger charge is -2.46. The van der Waals surface area contributed by atoms with Crippen molar-refractivity contribution in [3.05, 3.63) is 22.4 Å². The maximum Gasteiger partial charge on any atom is 0.0252 e. The summed E-state index contributed by atoms with van der Waals surface area (Å²) in [6, 6.07) is 2.93.